The average Bonchev–Trinajstić information content (AvgIpc) is 3.35. The van der Waals surface area contributed by atoms with E-state index in [-0.39, 0.29) is 23.8 Å². The largest absolute Gasteiger partial charge is 0.351 e. The molecule has 1 atom stereocenters. The zero-order chi connectivity index (χ0) is 21.7. The van der Waals surface area contributed by atoms with E-state index < -0.39 is 0 Å². The topological polar surface area (TPSA) is 100 Å². The zero-order valence-electron chi connectivity index (χ0n) is 16.8. The molecular weight excluding hydrogens is 420 g/mol. The van der Waals surface area contributed by atoms with Crippen LogP contribution in [0, 0.1) is 0 Å². The highest BCUT2D eigenvalue weighted by molar-refractivity contribution is 7.15. The van der Waals surface area contributed by atoms with E-state index in [2.05, 4.69) is 20.9 Å². The Morgan fingerprint density at radius 3 is 2.43 bits per heavy atom. The molecule has 0 aliphatic carbocycles. The van der Waals surface area contributed by atoms with Crippen molar-refractivity contribution < 1.29 is 14.4 Å². The monoisotopic (exact) mass is 442 g/mol. The van der Waals surface area contributed by atoms with Gasteiger partial charge in [0.1, 0.15) is 0 Å². The third kappa shape index (κ3) is 5.74. The van der Waals surface area contributed by atoms with Crippen molar-refractivity contribution in [2.45, 2.75) is 33.4 Å². The molecule has 156 valence electrons. The van der Waals surface area contributed by atoms with Crippen LogP contribution >= 0.6 is 22.7 Å². The first-order valence-electron chi connectivity index (χ1n) is 9.29. The van der Waals surface area contributed by atoms with Gasteiger partial charge in [0.15, 0.2) is 5.13 Å². The van der Waals surface area contributed by atoms with Crippen molar-refractivity contribution in [1.82, 2.24) is 15.6 Å². The Bertz CT molecular complexity index is 1060. The number of thiophene rings is 1. The molecule has 1 unspecified atom stereocenters. The molecule has 0 saturated heterocycles. The van der Waals surface area contributed by atoms with Crippen molar-refractivity contribution in [1.29, 1.82) is 0 Å². The number of aromatic nitrogens is 1. The first kappa shape index (κ1) is 21.7. The number of amides is 3. The van der Waals surface area contributed by atoms with E-state index >= 15 is 0 Å². The van der Waals surface area contributed by atoms with Crippen LogP contribution in [0.25, 0.3) is 11.3 Å². The minimum atomic E-state index is -0.227. The number of rotatable bonds is 7. The predicted molar refractivity (Wildman–Crippen MR) is 120 cm³/mol. The van der Waals surface area contributed by atoms with Crippen LogP contribution < -0.4 is 16.0 Å². The molecule has 2 heterocycles. The highest BCUT2D eigenvalue weighted by Crippen LogP contribution is 2.27. The molecule has 7 nitrogen and oxygen atoms in total. The molecule has 3 N–H and O–H groups in total. The summed E-state index contributed by atoms with van der Waals surface area (Å²) < 4.78 is 0. The van der Waals surface area contributed by atoms with Crippen LogP contribution in [0.4, 0.5) is 5.13 Å². The Hall–Kier alpha value is -3.04. The molecule has 0 saturated carbocycles. The summed E-state index contributed by atoms with van der Waals surface area (Å²) in [6.45, 7) is 5.29. The summed E-state index contributed by atoms with van der Waals surface area (Å²) in [5, 5.41) is 10.8. The zero-order valence-corrected chi connectivity index (χ0v) is 18.4. The molecule has 0 aliphatic rings. The fourth-order valence-corrected chi connectivity index (χ4v) is 4.32. The van der Waals surface area contributed by atoms with Crippen LogP contribution in [-0.4, -0.2) is 22.7 Å². The van der Waals surface area contributed by atoms with E-state index in [1.807, 2.05) is 42.6 Å². The van der Waals surface area contributed by atoms with Crippen molar-refractivity contribution in [2.75, 3.05) is 5.32 Å². The lowest BCUT2D eigenvalue weighted by molar-refractivity contribution is -0.120. The highest BCUT2D eigenvalue weighted by atomic mass is 32.1. The number of anilines is 1. The van der Waals surface area contributed by atoms with Crippen LogP contribution in [0.2, 0.25) is 0 Å². The van der Waals surface area contributed by atoms with Crippen molar-refractivity contribution in [3.8, 4) is 11.3 Å². The second-order valence-electron chi connectivity index (χ2n) is 6.71. The molecular formula is C21H22N4O3S2. The first-order chi connectivity index (χ1) is 14.3. The second-order valence-corrected chi connectivity index (χ2v) is 8.74. The van der Waals surface area contributed by atoms with Gasteiger partial charge >= 0.3 is 0 Å². The molecule has 0 fully saturated rings. The molecule has 30 heavy (non-hydrogen) atoms. The molecule has 1 aromatic carbocycles. The minimum Gasteiger partial charge on any atom is -0.351 e. The van der Waals surface area contributed by atoms with Crippen LogP contribution in [-0.2, 0) is 16.1 Å². The van der Waals surface area contributed by atoms with Crippen LogP contribution in [0.15, 0.2) is 41.8 Å². The van der Waals surface area contributed by atoms with E-state index in [4.69, 9.17) is 0 Å². The molecule has 3 rings (SSSR count). The number of nitrogens with one attached hydrogen (secondary N) is 3. The lowest BCUT2D eigenvalue weighted by atomic mass is 10.1. The van der Waals surface area contributed by atoms with Gasteiger partial charge in [-0.15, -0.1) is 22.7 Å². The molecule has 2 aromatic heterocycles. The predicted octanol–water partition coefficient (Wildman–Crippen LogP) is 3.96. The number of carbonyl (C=O) groups is 3. The summed E-state index contributed by atoms with van der Waals surface area (Å²) in [6.07, 6.45) is 0. The average molecular weight is 443 g/mol. The Labute approximate surface area is 182 Å². The minimum absolute atomic E-state index is 0.0665. The van der Waals surface area contributed by atoms with Gasteiger partial charge in [-0.2, -0.15) is 0 Å². The van der Waals surface area contributed by atoms with Gasteiger partial charge in [-0.1, -0.05) is 24.3 Å². The van der Waals surface area contributed by atoms with Crippen molar-refractivity contribution in [2.24, 2.45) is 0 Å². The Balaban J connectivity index is 1.63. The van der Waals surface area contributed by atoms with Gasteiger partial charge in [-0.25, -0.2) is 4.98 Å². The van der Waals surface area contributed by atoms with Gasteiger partial charge in [0.05, 0.1) is 23.2 Å². The molecule has 0 bridgehead atoms. The molecule has 3 amide bonds. The number of nitrogens with zero attached hydrogens (tertiary/aromatic N) is 1. The summed E-state index contributed by atoms with van der Waals surface area (Å²) in [4.78, 5) is 40.6. The maximum Gasteiger partial charge on any atom is 0.267 e. The summed E-state index contributed by atoms with van der Waals surface area (Å²) in [5.41, 5.74) is 2.70. The number of benzene rings is 1. The second kappa shape index (κ2) is 9.64. The number of carbonyl (C=O) groups excluding carboxylic acids is 3. The maximum atomic E-state index is 12.5. The van der Waals surface area contributed by atoms with Gasteiger partial charge < -0.3 is 10.6 Å². The summed E-state index contributed by atoms with van der Waals surface area (Å²) >= 11 is 2.69. The van der Waals surface area contributed by atoms with E-state index in [1.165, 1.54) is 36.5 Å². The van der Waals surface area contributed by atoms with Gasteiger partial charge in [0.25, 0.3) is 5.91 Å². The fourth-order valence-electron chi connectivity index (χ4n) is 2.76. The summed E-state index contributed by atoms with van der Waals surface area (Å²) in [7, 11) is 0. The molecule has 9 heteroatoms. The van der Waals surface area contributed by atoms with Crippen molar-refractivity contribution >= 4 is 45.5 Å². The SMILES string of the molecule is CC(=O)NCc1ccc(C(=O)Nc2nc(-c3ccc(C(C)NC(C)=O)cc3)cs2)s1. The van der Waals surface area contributed by atoms with E-state index in [0.717, 1.165) is 21.7 Å². The molecule has 0 radical (unpaired) electrons. The van der Waals surface area contributed by atoms with Crippen molar-refractivity contribution in [3.05, 3.63) is 57.1 Å². The third-order valence-corrected chi connectivity index (χ3v) is 6.09. The normalized spacial score (nSPS) is 11.6. The Morgan fingerprint density at radius 1 is 1.03 bits per heavy atom. The smallest absolute Gasteiger partial charge is 0.267 e. The molecule has 3 aromatic rings. The quantitative estimate of drug-likeness (QED) is 0.516. The fraction of sp³-hybridized carbons (Fsp3) is 0.238. The lowest BCUT2D eigenvalue weighted by Crippen LogP contribution is -2.23. The lowest BCUT2D eigenvalue weighted by Gasteiger charge is -2.12. The van der Waals surface area contributed by atoms with Crippen LogP contribution in [0.5, 0.6) is 0 Å². The summed E-state index contributed by atoms with van der Waals surface area (Å²) in [6, 6.07) is 11.3. The molecule has 0 aliphatic heterocycles. The Morgan fingerprint density at radius 2 is 1.77 bits per heavy atom. The number of hydrogen-bond donors (Lipinski definition) is 3. The Kier molecular flexibility index (Phi) is 6.96. The third-order valence-electron chi connectivity index (χ3n) is 4.25. The van der Waals surface area contributed by atoms with Gasteiger partial charge in [-0.3, -0.25) is 19.7 Å². The van der Waals surface area contributed by atoms with Crippen LogP contribution in [0.1, 0.15) is 46.9 Å². The van der Waals surface area contributed by atoms with E-state index in [1.54, 1.807) is 6.07 Å². The number of thiazole rings is 1. The standard InChI is InChI=1S/C21H22N4O3S2/c1-12(23-14(3)27)15-4-6-16(7-5-15)18-11-29-21(24-18)25-20(28)19-9-8-17(30-19)10-22-13(2)26/h4-9,11-12H,10H2,1-3H3,(H,22,26)(H,23,27)(H,24,25,28). The van der Waals surface area contributed by atoms with Gasteiger partial charge in [0.2, 0.25) is 11.8 Å². The highest BCUT2D eigenvalue weighted by Gasteiger charge is 2.13. The van der Waals surface area contributed by atoms with Gasteiger partial charge in [-0.05, 0) is 24.6 Å². The maximum absolute atomic E-state index is 12.5. The van der Waals surface area contributed by atoms with Crippen LogP contribution in [0.3, 0.4) is 0 Å². The molecule has 0 spiro atoms. The number of hydrogen-bond acceptors (Lipinski definition) is 6. The van der Waals surface area contributed by atoms with E-state index in [9.17, 15) is 14.4 Å². The van der Waals surface area contributed by atoms with E-state index in [0.29, 0.717) is 16.6 Å². The first-order valence-corrected chi connectivity index (χ1v) is 11.0. The van der Waals surface area contributed by atoms with Crippen molar-refractivity contribution in [3.63, 3.8) is 0 Å². The van der Waals surface area contributed by atoms with Gasteiger partial charge in [0, 0.05) is 29.7 Å². The summed E-state index contributed by atoms with van der Waals surface area (Å²) in [5.74, 6) is -0.406.